The van der Waals surface area contributed by atoms with Crippen LogP contribution in [-0.2, 0) is 19.4 Å². The topological polar surface area (TPSA) is 38.0 Å². The van der Waals surface area contributed by atoms with Gasteiger partial charge in [-0.3, -0.25) is 4.68 Å². The molecule has 3 unspecified atom stereocenters. The molecule has 1 heterocycles. The third-order valence-electron chi connectivity index (χ3n) is 4.27. The summed E-state index contributed by atoms with van der Waals surface area (Å²) in [6.07, 6.45) is 5.18. The van der Waals surface area contributed by atoms with Gasteiger partial charge in [-0.1, -0.05) is 20.3 Å². The van der Waals surface area contributed by atoms with E-state index < -0.39 is 0 Å². The molecule has 1 aromatic rings. The summed E-state index contributed by atoms with van der Waals surface area (Å²) in [6, 6.07) is 2.16. The van der Waals surface area contributed by atoms with Crippen LogP contribution in [0.3, 0.4) is 0 Å². The lowest BCUT2D eigenvalue weighted by atomic mass is 9.96. The van der Waals surface area contributed by atoms with E-state index in [0.29, 0.717) is 5.92 Å². The van der Waals surface area contributed by atoms with Crippen LogP contribution in [0.15, 0.2) is 6.07 Å². The van der Waals surface area contributed by atoms with E-state index in [2.05, 4.69) is 31.9 Å². The molecule has 0 spiro atoms. The van der Waals surface area contributed by atoms with Gasteiger partial charge in [-0.25, -0.2) is 0 Å². The van der Waals surface area contributed by atoms with Gasteiger partial charge >= 0.3 is 0 Å². The molecule has 1 aliphatic carbocycles. The number of aliphatic hydroxyl groups is 1. The Kier molecular flexibility index (Phi) is 4.44. The number of hydrogen-bond acceptors (Lipinski definition) is 2. The zero-order chi connectivity index (χ0) is 13.1. The van der Waals surface area contributed by atoms with Gasteiger partial charge < -0.3 is 5.11 Å². The number of rotatable bonds is 5. The zero-order valence-corrected chi connectivity index (χ0v) is 11.9. The van der Waals surface area contributed by atoms with Crippen LogP contribution in [0.5, 0.6) is 0 Å². The van der Waals surface area contributed by atoms with Crippen LogP contribution in [0.1, 0.15) is 51.4 Å². The van der Waals surface area contributed by atoms with Gasteiger partial charge in [0.05, 0.1) is 11.8 Å². The summed E-state index contributed by atoms with van der Waals surface area (Å²) in [5, 5.41) is 14.9. The molecule has 0 aliphatic heterocycles. The molecular weight excluding hydrogens is 224 g/mol. The maximum absolute atomic E-state index is 10.4. The zero-order valence-electron chi connectivity index (χ0n) is 11.9. The maximum atomic E-state index is 10.4. The summed E-state index contributed by atoms with van der Waals surface area (Å²) in [7, 11) is 0. The monoisotopic (exact) mass is 250 g/mol. The van der Waals surface area contributed by atoms with E-state index in [1.54, 1.807) is 0 Å². The average Bonchev–Trinajstić information content (AvgIpc) is 2.95. The molecule has 18 heavy (non-hydrogen) atoms. The Hall–Kier alpha value is -0.830. The van der Waals surface area contributed by atoms with Gasteiger partial charge in [-0.05, 0) is 44.1 Å². The molecule has 0 bridgehead atoms. The van der Waals surface area contributed by atoms with Crippen LogP contribution in [0.4, 0.5) is 0 Å². The lowest BCUT2D eigenvalue weighted by Gasteiger charge is -2.18. The van der Waals surface area contributed by atoms with Crippen molar-refractivity contribution in [3.05, 3.63) is 17.5 Å². The van der Waals surface area contributed by atoms with Crippen LogP contribution >= 0.6 is 0 Å². The largest absolute Gasteiger partial charge is 0.392 e. The molecule has 0 radical (unpaired) electrons. The standard InChI is InChI=1S/C15H26N2O/c1-4-13-9-14(17(5-2)16-13)10-15(18)12-7-6-11(3)8-12/h9,11-12,15,18H,4-8,10H2,1-3H3. The van der Waals surface area contributed by atoms with Crippen molar-refractivity contribution in [1.29, 1.82) is 0 Å². The Morgan fingerprint density at radius 2 is 2.22 bits per heavy atom. The van der Waals surface area contributed by atoms with E-state index in [1.807, 2.05) is 4.68 Å². The summed E-state index contributed by atoms with van der Waals surface area (Å²) in [5.74, 6) is 1.28. The molecule has 3 atom stereocenters. The van der Waals surface area contributed by atoms with Gasteiger partial charge in [0.25, 0.3) is 0 Å². The highest BCUT2D eigenvalue weighted by Gasteiger charge is 2.28. The van der Waals surface area contributed by atoms with Crippen molar-refractivity contribution >= 4 is 0 Å². The molecule has 2 rings (SSSR count). The van der Waals surface area contributed by atoms with Crippen LogP contribution in [-0.4, -0.2) is 21.0 Å². The molecule has 1 N–H and O–H groups in total. The van der Waals surface area contributed by atoms with Crippen molar-refractivity contribution in [2.45, 2.75) is 65.5 Å². The number of aryl methyl sites for hydroxylation is 2. The fourth-order valence-corrected chi connectivity index (χ4v) is 3.11. The third kappa shape index (κ3) is 2.94. The Morgan fingerprint density at radius 1 is 1.44 bits per heavy atom. The first-order valence-electron chi connectivity index (χ1n) is 7.37. The lowest BCUT2D eigenvalue weighted by Crippen LogP contribution is -2.22. The summed E-state index contributed by atoms with van der Waals surface area (Å²) < 4.78 is 2.04. The molecule has 3 heteroatoms. The van der Waals surface area contributed by atoms with Crippen molar-refractivity contribution < 1.29 is 5.11 Å². The lowest BCUT2D eigenvalue weighted by molar-refractivity contribution is 0.107. The van der Waals surface area contributed by atoms with Crippen LogP contribution in [0.2, 0.25) is 0 Å². The molecule has 3 nitrogen and oxygen atoms in total. The smallest absolute Gasteiger partial charge is 0.0624 e. The molecule has 102 valence electrons. The van der Waals surface area contributed by atoms with Crippen LogP contribution in [0, 0.1) is 11.8 Å². The SMILES string of the molecule is CCc1cc(CC(O)C2CCC(C)C2)n(CC)n1. The van der Waals surface area contributed by atoms with E-state index >= 15 is 0 Å². The van der Waals surface area contributed by atoms with Crippen molar-refractivity contribution in [2.75, 3.05) is 0 Å². The molecule has 1 saturated carbocycles. The number of nitrogens with zero attached hydrogens (tertiary/aromatic N) is 2. The highest BCUT2D eigenvalue weighted by atomic mass is 16.3. The normalized spacial score (nSPS) is 25.6. The Labute approximate surface area is 110 Å². The Balaban J connectivity index is 2.01. The first-order valence-corrected chi connectivity index (χ1v) is 7.37. The predicted molar refractivity (Wildman–Crippen MR) is 73.5 cm³/mol. The second-order valence-electron chi connectivity index (χ2n) is 5.75. The summed E-state index contributed by atoms with van der Waals surface area (Å²) in [4.78, 5) is 0. The van der Waals surface area contributed by atoms with Gasteiger partial charge in [0.2, 0.25) is 0 Å². The minimum Gasteiger partial charge on any atom is -0.392 e. The summed E-state index contributed by atoms with van der Waals surface area (Å²) in [5.41, 5.74) is 2.33. The van der Waals surface area contributed by atoms with Gasteiger partial charge in [-0.15, -0.1) is 0 Å². The highest BCUT2D eigenvalue weighted by Crippen LogP contribution is 2.33. The van der Waals surface area contributed by atoms with E-state index in [9.17, 15) is 5.11 Å². The maximum Gasteiger partial charge on any atom is 0.0624 e. The number of aliphatic hydroxyl groups excluding tert-OH is 1. The van der Waals surface area contributed by atoms with E-state index in [-0.39, 0.29) is 6.10 Å². The third-order valence-corrected chi connectivity index (χ3v) is 4.27. The van der Waals surface area contributed by atoms with Crippen molar-refractivity contribution in [3.8, 4) is 0 Å². The van der Waals surface area contributed by atoms with Gasteiger partial charge in [0, 0.05) is 18.7 Å². The van der Waals surface area contributed by atoms with Gasteiger partial charge in [-0.2, -0.15) is 5.10 Å². The van der Waals surface area contributed by atoms with E-state index in [1.165, 1.54) is 25.0 Å². The highest BCUT2D eigenvalue weighted by molar-refractivity contribution is 5.12. The van der Waals surface area contributed by atoms with Crippen LogP contribution < -0.4 is 0 Å². The Bertz CT molecular complexity index is 386. The molecule has 0 saturated heterocycles. The first-order chi connectivity index (χ1) is 8.63. The van der Waals surface area contributed by atoms with Gasteiger partial charge in [0.1, 0.15) is 0 Å². The van der Waals surface area contributed by atoms with E-state index in [0.717, 1.165) is 31.0 Å². The van der Waals surface area contributed by atoms with Crippen molar-refractivity contribution in [1.82, 2.24) is 9.78 Å². The summed E-state index contributed by atoms with van der Waals surface area (Å²) >= 11 is 0. The quantitative estimate of drug-likeness (QED) is 0.872. The molecule has 1 aliphatic rings. The van der Waals surface area contributed by atoms with Crippen molar-refractivity contribution in [2.24, 2.45) is 11.8 Å². The molecule has 1 aromatic heterocycles. The average molecular weight is 250 g/mol. The van der Waals surface area contributed by atoms with Crippen LogP contribution in [0.25, 0.3) is 0 Å². The molecule has 0 aromatic carbocycles. The number of aromatic nitrogens is 2. The molecule has 1 fully saturated rings. The molecular formula is C15H26N2O. The van der Waals surface area contributed by atoms with Crippen molar-refractivity contribution in [3.63, 3.8) is 0 Å². The fraction of sp³-hybridized carbons (Fsp3) is 0.800. The second kappa shape index (κ2) is 5.87. The Morgan fingerprint density at radius 3 is 2.78 bits per heavy atom. The molecule has 0 amide bonds. The predicted octanol–water partition coefficient (Wildman–Crippen LogP) is 2.81. The summed E-state index contributed by atoms with van der Waals surface area (Å²) in [6.45, 7) is 7.42. The fourth-order valence-electron chi connectivity index (χ4n) is 3.11. The van der Waals surface area contributed by atoms with Gasteiger partial charge in [0.15, 0.2) is 0 Å². The number of hydrogen-bond donors (Lipinski definition) is 1. The van der Waals surface area contributed by atoms with E-state index in [4.69, 9.17) is 0 Å². The first kappa shape index (κ1) is 13.6. The second-order valence-corrected chi connectivity index (χ2v) is 5.75. The minimum absolute atomic E-state index is 0.193. The minimum atomic E-state index is -0.193.